The van der Waals surface area contributed by atoms with Crippen LogP contribution in [-0.2, 0) is 0 Å². The lowest BCUT2D eigenvalue weighted by Crippen LogP contribution is -2.29. The molecule has 0 spiro atoms. The third-order valence-corrected chi connectivity index (χ3v) is 2.77. The Bertz CT molecular complexity index is 168. The van der Waals surface area contributed by atoms with E-state index in [1.807, 2.05) is 0 Å². The van der Waals surface area contributed by atoms with Gasteiger partial charge in [0, 0.05) is 5.92 Å². The van der Waals surface area contributed by atoms with E-state index in [9.17, 15) is 5.11 Å². The van der Waals surface area contributed by atoms with Gasteiger partial charge >= 0.3 is 0 Å². The summed E-state index contributed by atoms with van der Waals surface area (Å²) in [6.45, 7) is 0. The first-order chi connectivity index (χ1) is 4.33. The Labute approximate surface area is 55.1 Å². The van der Waals surface area contributed by atoms with Crippen molar-refractivity contribution < 1.29 is 5.11 Å². The van der Waals surface area contributed by atoms with Crippen LogP contribution in [0, 0.1) is 30.1 Å². The van der Waals surface area contributed by atoms with Crippen LogP contribution in [0.1, 0.15) is 12.8 Å². The fraction of sp³-hybridized carbons (Fsp3) is 0.750. The zero-order valence-electron chi connectivity index (χ0n) is 5.25. The smallest absolute Gasteiger partial charge is 0.0583 e. The lowest BCUT2D eigenvalue weighted by atomic mass is 9.73. The number of aliphatic hydroxyl groups is 1. The first kappa shape index (κ1) is 5.32. The van der Waals surface area contributed by atoms with Crippen molar-refractivity contribution >= 4 is 0 Å². The maximum Gasteiger partial charge on any atom is 0.0583 e. The van der Waals surface area contributed by atoms with Crippen LogP contribution in [0.4, 0.5) is 0 Å². The normalized spacial score (nSPS) is 54.2. The topological polar surface area (TPSA) is 20.2 Å². The molecule has 0 heterocycles. The summed E-state index contributed by atoms with van der Waals surface area (Å²) in [5.41, 5.74) is 0. The first-order valence-electron chi connectivity index (χ1n) is 3.47. The minimum absolute atomic E-state index is 0.0731. The molecule has 0 aromatic heterocycles. The Kier molecular flexibility index (Phi) is 0.896. The minimum atomic E-state index is -0.0731. The Morgan fingerprint density at radius 1 is 1.44 bits per heavy atom. The van der Waals surface area contributed by atoms with Crippen LogP contribution >= 0.6 is 0 Å². The second-order valence-electron chi connectivity index (χ2n) is 3.16. The van der Waals surface area contributed by atoms with Crippen molar-refractivity contribution in [2.24, 2.45) is 17.8 Å². The fourth-order valence-corrected chi connectivity index (χ4v) is 2.18. The lowest BCUT2D eigenvalue weighted by molar-refractivity contribution is 0.108. The highest BCUT2D eigenvalue weighted by atomic mass is 16.3. The second-order valence-corrected chi connectivity index (χ2v) is 3.16. The summed E-state index contributed by atoms with van der Waals surface area (Å²) >= 11 is 0. The average molecular weight is 122 g/mol. The van der Waals surface area contributed by atoms with Crippen molar-refractivity contribution in [3.8, 4) is 12.3 Å². The highest BCUT2D eigenvalue weighted by molar-refractivity contribution is 5.13. The van der Waals surface area contributed by atoms with E-state index in [1.54, 1.807) is 0 Å². The van der Waals surface area contributed by atoms with Gasteiger partial charge in [0.25, 0.3) is 0 Å². The van der Waals surface area contributed by atoms with E-state index in [1.165, 1.54) is 6.42 Å². The molecular formula is C8H10O. The van der Waals surface area contributed by atoms with Crippen LogP contribution < -0.4 is 0 Å². The van der Waals surface area contributed by atoms with Gasteiger partial charge in [-0.3, -0.25) is 0 Å². The van der Waals surface area contributed by atoms with Crippen LogP contribution in [0.3, 0.4) is 0 Å². The third kappa shape index (κ3) is 0.495. The van der Waals surface area contributed by atoms with E-state index in [0.29, 0.717) is 17.8 Å². The van der Waals surface area contributed by atoms with Crippen LogP contribution in [0.25, 0.3) is 0 Å². The number of hydrogen-bond donors (Lipinski definition) is 1. The maximum atomic E-state index is 9.25. The Hall–Kier alpha value is -0.480. The van der Waals surface area contributed by atoms with Crippen molar-refractivity contribution in [3.05, 3.63) is 0 Å². The molecule has 4 atom stereocenters. The molecule has 0 aromatic rings. The fourth-order valence-electron chi connectivity index (χ4n) is 2.18. The van der Waals surface area contributed by atoms with E-state index in [2.05, 4.69) is 5.92 Å². The summed E-state index contributed by atoms with van der Waals surface area (Å²) in [7, 11) is 0. The monoisotopic (exact) mass is 122 g/mol. The predicted molar refractivity (Wildman–Crippen MR) is 34.5 cm³/mol. The largest absolute Gasteiger partial charge is 0.393 e. The first-order valence-corrected chi connectivity index (χ1v) is 3.47. The molecule has 3 saturated carbocycles. The van der Waals surface area contributed by atoms with E-state index in [-0.39, 0.29) is 6.10 Å². The Morgan fingerprint density at radius 3 is 2.44 bits per heavy atom. The molecule has 0 aliphatic heterocycles. The van der Waals surface area contributed by atoms with Gasteiger partial charge in [0.15, 0.2) is 0 Å². The van der Waals surface area contributed by atoms with Crippen LogP contribution in [0.15, 0.2) is 0 Å². The summed E-state index contributed by atoms with van der Waals surface area (Å²) < 4.78 is 0. The number of rotatable bonds is 0. The molecule has 2 bridgehead atoms. The standard InChI is InChI=1S/C8H10O/c1-2-6-5-3-7(6)8(9)4-5/h1,5-9H,3-4H2. The molecule has 48 valence electrons. The second kappa shape index (κ2) is 1.52. The summed E-state index contributed by atoms with van der Waals surface area (Å²) in [5.74, 6) is 4.27. The van der Waals surface area contributed by atoms with E-state index in [4.69, 9.17) is 6.42 Å². The molecule has 1 N–H and O–H groups in total. The zero-order valence-corrected chi connectivity index (χ0v) is 5.25. The molecule has 3 fully saturated rings. The van der Waals surface area contributed by atoms with Crippen LogP contribution in [-0.4, -0.2) is 11.2 Å². The molecule has 1 heteroatoms. The Morgan fingerprint density at radius 2 is 2.22 bits per heavy atom. The number of aliphatic hydroxyl groups excluding tert-OH is 1. The van der Waals surface area contributed by atoms with Gasteiger partial charge in [-0.25, -0.2) is 0 Å². The van der Waals surface area contributed by atoms with Gasteiger partial charge in [-0.05, 0) is 24.7 Å². The van der Waals surface area contributed by atoms with Gasteiger partial charge in [0.1, 0.15) is 0 Å². The van der Waals surface area contributed by atoms with Crippen LogP contribution in [0.5, 0.6) is 0 Å². The molecule has 3 rings (SSSR count). The maximum absolute atomic E-state index is 9.25. The summed E-state index contributed by atoms with van der Waals surface area (Å²) in [6, 6.07) is 0. The van der Waals surface area contributed by atoms with Crippen LogP contribution in [0.2, 0.25) is 0 Å². The zero-order chi connectivity index (χ0) is 6.43. The Balaban J connectivity index is 2.15. The van der Waals surface area contributed by atoms with Crippen molar-refractivity contribution in [2.75, 3.05) is 0 Å². The average Bonchev–Trinajstić information content (AvgIpc) is 2.22. The molecule has 0 saturated heterocycles. The highest BCUT2D eigenvalue weighted by Crippen LogP contribution is 2.52. The van der Waals surface area contributed by atoms with E-state index < -0.39 is 0 Å². The quantitative estimate of drug-likeness (QED) is 0.467. The molecule has 0 amide bonds. The summed E-state index contributed by atoms with van der Waals surface area (Å²) in [6.07, 6.45) is 7.32. The number of terminal acetylenes is 1. The molecule has 0 aromatic carbocycles. The van der Waals surface area contributed by atoms with E-state index >= 15 is 0 Å². The minimum Gasteiger partial charge on any atom is -0.393 e. The predicted octanol–water partition coefficient (Wildman–Crippen LogP) is 0.637. The van der Waals surface area contributed by atoms with E-state index in [0.717, 1.165) is 6.42 Å². The van der Waals surface area contributed by atoms with Crippen molar-refractivity contribution in [3.63, 3.8) is 0 Å². The van der Waals surface area contributed by atoms with Gasteiger partial charge in [-0.2, -0.15) is 0 Å². The summed E-state index contributed by atoms with van der Waals surface area (Å²) in [5, 5.41) is 9.25. The molecule has 9 heavy (non-hydrogen) atoms. The molecule has 3 aliphatic rings. The third-order valence-electron chi connectivity index (χ3n) is 2.77. The van der Waals surface area contributed by atoms with Gasteiger partial charge in [-0.1, -0.05) is 0 Å². The van der Waals surface area contributed by atoms with Gasteiger partial charge in [-0.15, -0.1) is 12.3 Å². The molecule has 3 aliphatic carbocycles. The molecular weight excluding hydrogens is 112 g/mol. The highest BCUT2D eigenvalue weighted by Gasteiger charge is 2.51. The van der Waals surface area contributed by atoms with Crippen molar-refractivity contribution in [1.29, 1.82) is 0 Å². The number of hydrogen-bond acceptors (Lipinski definition) is 1. The lowest BCUT2D eigenvalue weighted by Gasteiger charge is -2.31. The van der Waals surface area contributed by atoms with Gasteiger partial charge < -0.3 is 5.11 Å². The number of fused-ring (bicyclic) bond motifs is 1. The summed E-state index contributed by atoms with van der Waals surface area (Å²) in [4.78, 5) is 0. The molecule has 0 radical (unpaired) electrons. The van der Waals surface area contributed by atoms with Gasteiger partial charge in [0.2, 0.25) is 0 Å². The molecule has 1 nitrogen and oxygen atoms in total. The van der Waals surface area contributed by atoms with Crippen molar-refractivity contribution in [2.45, 2.75) is 18.9 Å². The molecule has 4 unspecified atom stereocenters. The SMILES string of the molecule is C#CC1C2CC(O)C1C2. The van der Waals surface area contributed by atoms with Crippen molar-refractivity contribution in [1.82, 2.24) is 0 Å². The van der Waals surface area contributed by atoms with Gasteiger partial charge in [0.05, 0.1) is 6.10 Å².